The zero-order valence-corrected chi connectivity index (χ0v) is 60.2. The van der Waals surface area contributed by atoms with Crippen LogP contribution in [0.3, 0.4) is 0 Å². The summed E-state index contributed by atoms with van der Waals surface area (Å²) in [5.74, 6) is -0.549. The molecule has 0 aliphatic carbocycles. The summed E-state index contributed by atoms with van der Waals surface area (Å²) < 4.78 is 68.2. The second-order valence-electron chi connectivity index (χ2n) is 26.6. The highest BCUT2D eigenvalue weighted by molar-refractivity contribution is 7.47. The minimum atomic E-state index is -4.95. The maximum Gasteiger partial charge on any atom is 0.472 e. The van der Waals surface area contributed by atoms with E-state index >= 15 is 0 Å². The van der Waals surface area contributed by atoms with Crippen LogP contribution >= 0.6 is 15.6 Å². The number of unbranched alkanes of at least 4 members (excludes halogenated alkanes) is 40. The molecule has 0 aromatic carbocycles. The first-order valence-electron chi connectivity index (χ1n) is 37.0. The number of carbonyl (C=O) groups excluding carboxylic acids is 4. The van der Waals surface area contributed by atoms with E-state index in [4.69, 9.17) is 37.0 Å². The van der Waals surface area contributed by atoms with Gasteiger partial charge in [-0.1, -0.05) is 311 Å². The third-order valence-corrected chi connectivity index (χ3v) is 18.4. The van der Waals surface area contributed by atoms with Crippen LogP contribution in [0.5, 0.6) is 0 Å². The van der Waals surface area contributed by atoms with Gasteiger partial charge in [-0.3, -0.25) is 37.3 Å². The molecule has 0 rings (SSSR count). The molecule has 19 heteroatoms. The zero-order valence-electron chi connectivity index (χ0n) is 58.4. The van der Waals surface area contributed by atoms with Gasteiger partial charge in [0.2, 0.25) is 0 Å². The average molecular weight is 1330 g/mol. The van der Waals surface area contributed by atoms with Crippen LogP contribution in [-0.4, -0.2) is 96.7 Å². The normalized spacial score (nSPS) is 14.1. The summed E-state index contributed by atoms with van der Waals surface area (Å²) in [7, 11) is -9.90. The molecule has 0 radical (unpaired) electrons. The third kappa shape index (κ3) is 64.8. The summed E-state index contributed by atoms with van der Waals surface area (Å²) >= 11 is 0. The van der Waals surface area contributed by atoms with Crippen LogP contribution in [0.4, 0.5) is 0 Å². The lowest BCUT2D eigenvalue weighted by Gasteiger charge is -2.21. The zero-order chi connectivity index (χ0) is 66.5. The lowest BCUT2D eigenvalue weighted by molar-refractivity contribution is -0.161. The number of rotatable bonds is 70. The first kappa shape index (κ1) is 88.1. The third-order valence-electron chi connectivity index (χ3n) is 16.5. The van der Waals surface area contributed by atoms with Crippen molar-refractivity contribution in [1.29, 1.82) is 0 Å². The number of hydrogen-bond donors (Lipinski definition) is 3. The molecule has 534 valence electrons. The Balaban J connectivity index is 5.20. The van der Waals surface area contributed by atoms with E-state index in [0.29, 0.717) is 25.7 Å². The van der Waals surface area contributed by atoms with Gasteiger partial charge in [-0.25, -0.2) is 9.13 Å². The molecule has 0 fully saturated rings. The molecular weight excluding hydrogens is 1190 g/mol. The topological polar surface area (TPSA) is 237 Å². The minimum Gasteiger partial charge on any atom is -0.462 e. The number of hydrogen-bond acceptors (Lipinski definition) is 15. The van der Waals surface area contributed by atoms with Crippen molar-refractivity contribution in [3.8, 4) is 0 Å². The molecule has 3 N–H and O–H groups in total. The molecule has 0 saturated carbocycles. The van der Waals surface area contributed by atoms with E-state index in [1.54, 1.807) is 0 Å². The van der Waals surface area contributed by atoms with Gasteiger partial charge in [-0.15, -0.1) is 0 Å². The Bertz CT molecular complexity index is 1750. The smallest absolute Gasteiger partial charge is 0.462 e. The summed E-state index contributed by atoms with van der Waals surface area (Å²) in [6.45, 7) is 9.55. The van der Waals surface area contributed by atoms with Crippen LogP contribution in [-0.2, 0) is 65.4 Å². The Morgan fingerprint density at radius 2 is 0.511 bits per heavy atom. The molecule has 0 bridgehead atoms. The number of ether oxygens (including phenoxy) is 4. The van der Waals surface area contributed by atoms with Gasteiger partial charge < -0.3 is 33.8 Å². The Kier molecular flexibility index (Phi) is 61.8. The van der Waals surface area contributed by atoms with Crippen LogP contribution in [0.15, 0.2) is 0 Å². The number of carbonyl (C=O) groups is 4. The number of aliphatic hydroxyl groups is 1. The molecule has 0 amide bonds. The second kappa shape index (κ2) is 63.1. The second-order valence-corrected chi connectivity index (χ2v) is 29.5. The van der Waals surface area contributed by atoms with Gasteiger partial charge in [0.15, 0.2) is 12.2 Å². The van der Waals surface area contributed by atoms with Gasteiger partial charge in [0.25, 0.3) is 0 Å². The van der Waals surface area contributed by atoms with E-state index in [1.807, 2.05) is 0 Å². The molecule has 0 saturated heterocycles. The highest BCUT2D eigenvalue weighted by Gasteiger charge is 2.30. The molecule has 0 aromatic rings. The number of aliphatic hydroxyl groups excluding tert-OH is 1. The highest BCUT2D eigenvalue weighted by Crippen LogP contribution is 2.45. The molecular formula is C71H138O17P2. The molecule has 2 unspecified atom stereocenters. The van der Waals surface area contributed by atoms with Crippen LogP contribution in [0.25, 0.3) is 0 Å². The Morgan fingerprint density at radius 3 is 0.756 bits per heavy atom. The standard InChI is InChI=1S/C71H138O17P2/c1-7-9-11-13-15-16-23-31-37-43-49-55-70(75)87-66(59-81-68(73)53-47-41-33-14-12-10-8-2)61-85-89(77,78)83-57-65(72)58-84-90(79,80)86-62-67(60-82-69(74)54-48-42-36-30-26-22-21-25-29-35-40-46-52-64(5)6)88-71(76)56-50-44-38-32-27-20-18-17-19-24-28-34-39-45-51-63(3)4/h63-67,72H,7-62H2,1-6H3,(H,77,78)(H,79,80)/t65-,66+,67+/m0/s1. The molecule has 0 aliphatic heterocycles. The molecule has 0 aliphatic rings. The monoisotopic (exact) mass is 1320 g/mol. The van der Waals surface area contributed by atoms with Gasteiger partial charge in [0.1, 0.15) is 19.3 Å². The predicted octanol–water partition coefficient (Wildman–Crippen LogP) is 20.4. The van der Waals surface area contributed by atoms with Crippen molar-refractivity contribution in [2.75, 3.05) is 39.6 Å². The van der Waals surface area contributed by atoms with Crippen LogP contribution in [0.1, 0.15) is 363 Å². The summed E-state index contributed by atoms with van der Waals surface area (Å²) in [6, 6.07) is 0. The SMILES string of the molecule is CCCCCCCCCCCCCC(=O)O[C@H](COC(=O)CCCCCCCCC)COP(=O)(O)OC[C@H](O)COP(=O)(O)OC[C@@H](COC(=O)CCCCCCCCCCCCCCC(C)C)OC(=O)CCCCCCCCCCCCCCCCC(C)C. The van der Waals surface area contributed by atoms with E-state index < -0.39 is 97.5 Å². The van der Waals surface area contributed by atoms with Crippen LogP contribution < -0.4 is 0 Å². The fourth-order valence-corrected chi connectivity index (χ4v) is 12.3. The van der Waals surface area contributed by atoms with Gasteiger partial charge in [-0.2, -0.15) is 0 Å². The Labute approximate surface area is 549 Å². The largest absolute Gasteiger partial charge is 0.472 e. The van der Waals surface area contributed by atoms with Gasteiger partial charge in [-0.05, 0) is 37.5 Å². The molecule has 5 atom stereocenters. The summed E-state index contributed by atoms with van der Waals surface area (Å²) in [5, 5.41) is 10.6. The fourth-order valence-electron chi connectivity index (χ4n) is 10.8. The summed E-state index contributed by atoms with van der Waals surface area (Å²) in [5.41, 5.74) is 0. The van der Waals surface area contributed by atoms with Crippen molar-refractivity contribution in [2.45, 2.75) is 381 Å². The Hall–Kier alpha value is -1.94. The van der Waals surface area contributed by atoms with Crippen molar-refractivity contribution < 1.29 is 80.2 Å². The van der Waals surface area contributed by atoms with Crippen molar-refractivity contribution in [1.82, 2.24) is 0 Å². The molecule has 17 nitrogen and oxygen atoms in total. The average Bonchev–Trinajstić information content (AvgIpc) is 3.67. The van der Waals surface area contributed by atoms with Crippen molar-refractivity contribution in [3.63, 3.8) is 0 Å². The number of phosphoric ester groups is 2. The van der Waals surface area contributed by atoms with E-state index in [1.165, 1.54) is 167 Å². The Morgan fingerprint density at radius 1 is 0.300 bits per heavy atom. The molecule has 0 aromatic heterocycles. The minimum absolute atomic E-state index is 0.106. The number of esters is 4. The molecule has 0 heterocycles. The van der Waals surface area contributed by atoms with Crippen molar-refractivity contribution in [2.24, 2.45) is 11.8 Å². The van der Waals surface area contributed by atoms with Gasteiger partial charge >= 0.3 is 39.5 Å². The highest BCUT2D eigenvalue weighted by atomic mass is 31.2. The van der Waals surface area contributed by atoms with Crippen LogP contribution in [0, 0.1) is 11.8 Å². The van der Waals surface area contributed by atoms with Crippen molar-refractivity contribution in [3.05, 3.63) is 0 Å². The van der Waals surface area contributed by atoms with E-state index in [2.05, 4.69) is 41.5 Å². The molecule has 90 heavy (non-hydrogen) atoms. The van der Waals surface area contributed by atoms with Gasteiger partial charge in [0.05, 0.1) is 26.4 Å². The summed E-state index contributed by atoms with van der Waals surface area (Å²) in [4.78, 5) is 72.4. The van der Waals surface area contributed by atoms with E-state index in [0.717, 1.165) is 115 Å². The fraction of sp³-hybridized carbons (Fsp3) is 0.944. The molecule has 0 spiro atoms. The van der Waals surface area contributed by atoms with Gasteiger partial charge in [0, 0.05) is 25.7 Å². The quantitative estimate of drug-likeness (QED) is 0.0222. The maximum absolute atomic E-state index is 13.0. The van der Waals surface area contributed by atoms with E-state index in [9.17, 15) is 43.2 Å². The first-order chi connectivity index (χ1) is 43.4. The summed E-state index contributed by atoms with van der Waals surface area (Å²) in [6.07, 6.45) is 48.6. The maximum atomic E-state index is 13.0. The van der Waals surface area contributed by atoms with Crippen LogP contribution in [0.2, 0.25) is 0 Å². The lowest BCUT2D eigenvalue weighted by atomic mass is 10.0. The first-order valence-corrected chi connectivity index (χ1v) is 40.0. The van der Waals surface area contributed by atoms with E-state index in [-0.39, 0.29) is 25.7 Å². The van der Waals surface area contributed by atoms with Crippen molar-refractivity contribution >= 4 is 39.5 Å². The predicted molar refractivity (Wildman–Crippen MR) is 363 cm³/mol. The lowest BCUT2D eigenvalue weighted by Crippen LogP contribution is -2.30. The number of phosphoric acid groups is 2.